The summed E-state index contributed by atoms with van der Waals surface area (Å²) >= 11 is 24.8. The van der Waals surface area contributed by atoms with Crippen molar-refractivity contribution in [2.45, 2.75) is 29.5 Å². The molecular weight excluding hydrogens is 604 g/mol. The number of rotatable bonds is 9. The summed E-state index contributed by atoms with van der Waals surface area (Å²) < 4.78 is 52.7. The third kappa shape index (κ3) is 6.24. The zero-order chi connectivity index (χ0) is 28.6. The van der Waals surface area contributed by atoms with E-state index in [0.29, 0.717) is 10.6 Å². The van der Waals surface area contributed by atoms with Crippen LogP contribution in [0.5, 0.6) is 0 Å². The minimum absolute atomic E-state index is 0.0110. The Morgan fingerprint density at radius 3 is 2.23 bits per heavy atom. The van der Waals surface area contributed by atoms with Crippen LogP contribution in [0.3, 0.4) is 0 Å². The molecule has 0 saturated heterocycles. The van der Waals surface area contributed by atoms with Gasteiger partial charge in [-0.25, -0.2) is 17.6 Å². The fourth-order valence-electron chi connectivity index (χ4n) is 4.24. The summed E-state index contributed by atoms with van der Waals surface area (Å²) in [6.07, 6.45) is -5.18. The van der Waals surface area contributed by atoms with Gasteiger partial charge in [-0.3, -0.25) is 14.4 Å². The summed E-state index contributed by atoms with van der Waals surface area (Å²) in [5.41, 5.74) is -0.366. The molecule has 204 valence electrons. The van der Waals surface area contributed by atoms with Crippen LogP contribution < -0.4 is 5.32 Å². The molecule has 4 nitrogen and oxygen atoms in total. The van der Waals surface area contributed by atoms with Crippen LogP contribution in [0.1, 0.15) is 33.0 Å². The van der Waals surface area contributed by atoms with Crippen molar-refractivity contribution in [3.05, 3.63) is 98.5 Å². The van der Waals surface area contributed by atoms with Gasteiger partial charge in [-0.1, -0.05) is 41.4 Å². The Kier molecular flexibility index (Phi) is 8.61. The molecule has 39 heavy (non-hydrogen) atoms. The van der Waals surface area contributed by atoms with E-state index >= 15 is 0 Å². The zero-order valence-corrected chi connectivity index (χ0v) is 22.6. The number of hydrogen-bond acceptors (Lipinski definition) is 3. The Morgan fingerprint density at radius 2 is 1.59 bits per heavy atom. The molecule has 1 fully saturated rings. The number of amides is 1. The summed E-state index contributed by atoms with van der Waals surface area (Å²) in [7, 11) is 0. The molecule has 2 atom stereocenters. The van der Waals surface area contributed by atoms with E-state index in [1.165, 1.54) is 18.2 Å². The third-order valence-electron chi connectivity index (χ3n) is 6.31. The van der Waals surface area contributed by atoms with E-state index < -0.39 is 70.1 Å². The molecule has 0 spiro atoms. The summed E-state index contributed by atoms with van der Waals surface area (Å²) in [5.74, 6) is -6.65. The number of ketones is 2. The highest BCUT2D eigenvalue weighted by Gasteiger charge is 2.67. The number of halogens is 8. The first-order chi connectivity index (χ1) is 18.3. The highest BCUT2D eigenvalue weighted by Crippen LogP contribution is 2.65. The Bertz CT molecular complexity index is 1460. The second-order valence-electron chi connectivity index (χ2n) is 8.91. The number of benzene rings is 3. The van der Waals surface area contributed by atoms with Gasteiger partial charge in [0, 0.05) is 40.6 Å². The number of alkyl halides is 4. The van der Waals surface area contributed by atoms with E-state index in [0.717, 1.165) is 12.1 Å². The molecule has 1 saturated carbocycles. The maximum Gasteiger partial charge on any atom is 0.296 e. The van der Waals surface area contributed by atoms with Crippen LogP contribution in [0, 0.1) is 17.6 Å². The van der Waals surface area contributed by atoms with Crippen molar-refractivity contribution < 1.29 is 31.9 Å². The van der Waals surface area contributed by atoms with E-state index in [1.54, 1.807) is 24.3 Å². The Labute approximate surface area is 240 Å². The SMILES string of the molecule is O=C(Cc1ccc(F)c(CC(=O)C(F)F)c1F)c1cc(NC(=O)C2C(c3ccc(Cl)cc3)C2(Cl)Cl)ccc1Cl. The number of anilines is 1. The lowest BCUT2D eigenvalue weighted by molar-refractivity contribution is -0.128. The van der Waals surface area contributed by atoms with Crippen molar-refractivity contribution in [2.75, 3.05) is 5.32 Å². The van der Waals surface area contributed by atoms with Crippen LogP contribution in [0.2, 0.25) is 10.0 Å². The smallest absolute Gasteiger partial charge is 0.296 e. The van der Waals surface area contributed by atoms with Gasteiger partial charge in [0.15, 0.2) is 5.78 Å². The van der Waals surface area contributed by atoms with Gasteiger partial charge < -0.3 is 5.32 Å². The van der Waals surface area contributed by atoms with Gasteiger partial charge in [-0.15, -0.1) is 23.2 Å². The number of Topliss-reactive ketones (excluding diaryl/α,β-unsaturated/α-hetero) is 2. The first-order valence-electron chi connectivity index (χ1n) is 11.3. The summed E-state index contributed by atoms with van der Waals surface area (Å²) in [6, 6.07) is 12.5. The average Bonchev–Trinajstić information content (AvgIpc) is 3.46. The van der Waals surface area contributed by atoms with Crippen molar-refractivity contribution in [1.29, 1.82) is 0 Å². The highest BCUT2D eigenvalue weighted by atomic mass is 35.5. The minimum Gasteiger partial charge on any atom is -0.326 e. The van der Waals surface area contributed by atoms with Gasteiger partial charge in [0.25, 0.3) is 6.43 Å². The van der Waals surface area contributed by atoms with Gasteiger partial charge in [0.2, 0.25) is 11.7 Å². The van der Waals surface area contributed by atoms with Gasteiger partial charge in [-0.05, 0) is 47.5 Å². The van der Waals surface area contributed by atoms with Crippen molar-refractivity contribution in [3.8, 4) is 0 Å². The third-order valence-corrected chi connectivity index (χ3v) is 7.83. The van der Waals surface area contributed by atoms with Gasteiger partial charge in [0.1, 0.15) is 16.0 Å². The predicted octanol–water partition coefficient (Wildman–Crippen LogP) is 7.60. The molecular formula is C27H17Cl4F4NO3. The molecule has 3 aromatic rings. The quantitative estimate of drug-likeness (QED) is 0.152. The molecule has 0 aromatic heterocycles. The van der Waals surface area contributed by atoms with E-state index in [-0.39, 0.29) is 21.8 Å². The average molecular weight is 621 g/mol. The van der Waals surface area contributed by atoms with E-state index in [9.17, 15) is 31.9 Å². The van der Waals surface area contributed by atoms with Crippen LogP contribution >= 0.6 is 46.4 Å². The van der Waals surface area contributed by atoms with E-state index in [4.69, 9.17) is 46.4 Å². The fourth-order valence-corrected chi connectivity index (χ4v) is 5.42. The van der Waals surface area contributed by atoms with Crippen molar-refractivity contribution >= 4 is 69.6 Å². The van der Waals surface area contributed by atoms with Crippen LogP contribution in [-0.4, -0.2) is 28.2 Å². The Morgan fingerprint density at radius 1 is 0.923 bits per heavy atom. The number of hydrogen-bond donors (Lipinski definition) is 1. The minimum atomic E-state index is -3.40. The summed E-state index contributed by atoms with van der Waals surface area (Å²) in [5, 5.41) is 3.14. The van der Waals surface area contributed by atoms with Gasteiger partial charge in [0.05, 0.1) is 10.9 Å². The second kappa shape index (κ2) is 11.5. The molecule has 0 aliphatic heterocycles. The fraction of sp³-hybridized carbons (Fsp3) is 0.222. The molecule has 0 bridgehead atoms. The standard InChI is InChI=1S/C27H17Cl4F4NO3/c28-14-4-1-12(2-5-14)22-23(27(22,30)31)26(39)36-15-6-7-18(29)16(10-15)20(37)9-13-3-8-19(32)17(24(13)33)11-21(38)25(34)35/h1-8,10,22-23,25H,9,11H2,(H,36,39). The summed E-state index contributed by atoms with van der Waals surface area (Å²) in [4.78, 5) is 37.3. The predicted molar refractivity (Wildman–Crippen MR) is 141 cm³/mol. The lowest BCUT2D eigenvalue weighted by atomic mass is 9.98. The molecule has 1 amide bonds. The monoisotopic (exact) mass is 619 g/mol. The van der Waals surface area contributed by atoms with Crippen molar-refractivity contribution in [3.63, 3.8) is 0 Å². The van der Waals surface area contributed by atoms with Crippen LogP contribution in [-0.2, 0) is 22.4 Å². The van der Waals surface area contributed by atoms with E-state index in [2.05, 4.69) is 5.32 Å². The molecule has 1 aliphatic carbocycles. The molecule has 4 rings (SSSR count). The molecule has 12 heteroatoms. The number of nitrogens with one attached hydrogen (secondary N) is 1. The van der Waals surface area contributed by atoms with Gasteiger partial charge >= 0.3 is 0 Å². The maximum atomic E-state index is 14.8. The Balaban J connectivity index is 1.51. The molecule has 0 radical (unpaired) electrons. The number of carbonyl (C=O) groups excluding carboxylic acids is 3. The lowest BCUT2D eigenvalue weighted by Crippen LogP contribution is -2.18. The Hall–Kier alpha value is -2.65. The maximum absolute atomic E-state index is 14.8. The van der Waals surface area contributed by atoms with Crippen molar-refractivity contribution in [2.24, 2.45) is 5.92 Å². The van der Waals surface area contributed by atoms with Crippen LogP contribution in [0.25, 0.3) is 0 Å². The first-order valence-corrected chi connectivity index (χ1v) is 12.9. The first kappa shape index (κ1) is 29.3. The van der Waals surface area contributed by atoms with Crippen LogP contribution in [0.15, 0.2) is 54.6 Å². The van der Waals surface area contributed by atoms with Crippen LogP contribution in [0.4, 0.5) is 23.2 Å². The second-order valence-corrected chi connectivity index (χ2v) is 11.2. The highest BCUT2D eigenvalue weighted by molar-refractivity contribution is 6.53. The zero-order valence-electron chi connectivity index (χ0n) is 19.6. The molecule has 2 unspecified atom stereocenters. The molecule has 1 aliphatic rings. The van der Waals surface area contributed by atoms with E-state index in [1.807, 2.05) is 0 Å². The van der Waals surface area contributed by atoms with Gasteiger partial charge in [-0.2, -0.15) is 0 Å². The molecule has 3 aromatic carbocycles. The summed E-state index contributed by atoms with van der Waals surface area (Å²) in [6.45, 7) is 0. The molecule has 1 N–H and O–H groups in total. The normalized spacial score (nSPS) is 17.7. The number of carbonyl (C=O) groups is 3. The van der Waals surface area contributed by atoms with Crippen molar-refractivity contribution in [1.82, 2.24) is 0 Å². The largest absolute Gasteiger partial charge is 0.326 e. The topological polar surface area (TPSA) is 63.2 Å². The molecule has 0 heterocycles. The lowest BCUT2D eigenvalue weighted by Gasteiger charge is -2.11.